The van der Waals surface area contributed by atoms with Gasteiger partial charge in [-0.2, -0.15) is 0 Å². The molecule has 1 N–H and O–H groups in total. The van der Waals surface area contributed by atoms with Crippen molar-refractivity contribution in [2.75, 3.05) is 50.3 Å². The van der Waals surface area contributed by atoms with Crippen LogP contribution in [0.15, 0.2) is 24.3 Å². The third kappa shape index (κ3) is 5.65. The molecule has 0 unspecified atom stereocenters. The molecule has 2 saturated heterocycles. The first-order valence-electron chi connectivity index (χ1n) is 10.4. The number of hydrogen-bond acceptors (Lipinski definition) is 4. The maximum atomic E-state index is 13.0. The summed E-state index contributed by atoms with van der Waals surface area (Å²) in [5, 5.41) is 3.47. The maximum absolute atomic E-state index is 13.0. The summed E-state index contributed by atoms with van der Waals surface area (Å²) >= 11 is 5.87. The van der Waals surface area contributed by atoms with Crippen molar-refractivity contribution >= 4 is 39.2 Å². The Labute approximate surface area is 183 Å². The summed E-state index contributed by atoms with van der Waals surface area (Å²) in [6, 6.07) is 6.75. The van der Waals surface area contributed by atoms with Crippen LogP contribution in [0.2, 0.25) is 5.02 Å². The minimum Gasteiger partial charge on any atom is -0.341 e. The Hall–Kier alpha value is -1.84. The molecule has 0 aromatic heterocycles. The number of nitrogens with one attached hydrogen (secondary N) is 1. The van der Waals surface area contributed by atoms with Gasteiger partial charge in [0.1, 0.15) is 0 Å². The van der Waals surface area contributed by atoms with Crippen molar-refractivity contribution < 1.29 is 18.0 Å². The first-order chi connectivity index (χ1) is 14.3. The van der Waals surface area contributed by atoms with E-state index in [9.17, 15) is 18.0 Å². The van der Waals surface area contributed by atoms with Gasteiger partial charge in [0.05, 0.1) is 5.75 Å². The predicted molar refractivity (Wildman–Crippen MR) is 117 cm³/mol. The van der Waals surface area contributed by atoms with E-state index in [1.54, 1.807) is 36.1 Å². The highest BCUT2D eigenvalue weighted by Gasteiger charge is 2.33. The lowest BCUT2D eigenvalue weighted by molar-refractivity contribution is -0.136. The van der Waals surface area contributed by atoms with E-state index in [1.807, 2.05) is 4.90 Å². The molecular formula is C20H29ClN4O4S. The van der Waals surface area contributed by atoms with Gasteiger partial charge in [-0.3, -0.25) is 4.79 Å². The molecule has 166 valence electrons. The Morgan fingerprint density at radius 1 is 1.00 bits per heavy atom. The lowest BCUT2D eigenvalue weighted by atomic mass is 9.96. The fraction of sp³-hybridized carbons (Fsp3) is 0.600. The zero-order valence-electron chi connectivity index (χ0n) is 17.2. The summed E-state index contributed by atoms with van der Waals surface area (Å²) in [6.07, 6.45) is 1.81. The Balaban J connectivity index is 1.50. The van der Waals surface area contributed by atoms with Gasteiger partial charge in [-0.1, -0.05) is 11.6 Å². The van der Waals surface area contributed by atoms with Crippen LogP contribution < -0.4 is 5.32 Å². The quantitative estimate of drug-likeness (QED) is 0.753. The number of hydrogen-bond donors (Lipinski definition) is 1. The SMILES string of the molecule is CCS(=O)(=O)N1CCC(C(=O)N2CCCN(C(=O)Nc3ccc(Cl)cc3)CC2)CC1. The fourth-order valence-electron chi connectivity index (χ4n) is 3.90. The molecule has 1 aromatic rings. The second-order valence-corrected chi connectivity index (χ2v) is 10.4. The van der Waals surface area contributed by atoms with Crippen LogP contribution in [0.25, 0.3) is 0 Å². The zero-order valence-corrected chi connectivity index (χ0v) is 18.8. The molecule has 0 radical (unpaired) electrons. The van der Waals surface area contributed by atoms with Gasteiger partial charge in [0.15, 0.2) is 0 Å². The monoisotopic (exact) mass is 456 g/mol. The standard InChI is InChI=1S/C20H29ClN4O4S/c1-2-30(28,29)25-12-8-16(9-13-25)19(26)23-10-3-11-24(15-14-23)20(27)22-18-6-4-17(21)5-7-18/h4-7,16H,2-3,8-15H2,1H3,(H,22,27). The van der Waals surface area contributed by atoms with Crippen molar-refractivity contribution in [3.63, 3.8) is 0 Å². The largest absolute Gasteiger partial charge is 0.341 e. The topological polar surface area (TPSA) is 90.0 Å². The van der Waals surface area contributed by atoms with Gasteiger partial charge in [-0.15, -0.1) is 0 Å². The van der Waals surface area contributed by atoms with E-state index in [1.165, 1.54) is 4.31 Å². The summed E-state index contributed by atoms with van der Waals surface area (Å²) in [5.41, 5.74) is 0.676. The molecular weight excluding hydrogens is 428 g/mol. The smallest absolute Gasteiger partial charge is 0.321 e. The zero-order chi connectivity index (χ0) is 21.7. The Kier molecular flexibility index (Phi) is 7.60. The molecule has 0 spiro atoms. The number of carbonyl (C=O) groups excluding carboxylic acids is 2. The summed E-state index contributed by atoms with van der Waals surface area (Å²) < 4.78 is 25.5. The van der Waals surface area contributed by atoms with Crippen molar-refractivity contribution in [2.45, 2.75) is 26.2 Å². The second kappa shape index (κ2) is 9.98. The van der Waals surface area contributed by atoms with Crippen LogP contribution >= 0.6 is 11.6 Å². The molecule has 10 heteroatoms. The lowest BCUT2D eigenvalue weighted by Crippen LogP contribution is -2.46. The number of nitrogens with zero attached hydrogens (tertiary/aromatic N) is 3. The molecule has 3 rings (SSSR count). The summed E-state index contributed by atoms with van der Waals surface area (Å²) in [7, 11) is -3.20. The van der Waals surface area contributed by atoms with E-state index < -0.39 is 10.0 Å². The second-order valence-electron chi connectivity index (χ2n) is 7.68. The van der Waals surface area contributed by atoms with Gasteiger partial charge in [-0.25, -0.2) is 17.5 Å². The minimum absolute atomic E-state index is 0.0727. The highest BCUT2D eigenvalue weighted by molar-refractivity contribution is 7.89. The Morgan fingerprint density at radius 3 is 2.23 bits per heavy atom. The third-order valence-electron chi connectivity index (χ3n) is 5.75. The van der Waals surface area contributed by atoms with Crippen LogP contribution in [0, 0.1) is 5.92 Å². The first kappa shape index (κ1) is 22.8. The van der Waals surface area contributed by atoms with Crippen molar-refractivity contribution in [3.8, 4) is 0 Å². The van der Waals surface area contributed by atoms with E-state index in [0.717, 1.165) is 0 Å². The third-order valence-corrected chi connectivity index (χ3v) is 7.89. The molecule has 2 aliphatic heterocycles. The molecule has 8 nitrogen and oxygen atoms in total. The van der Waals surface area contributed by atoms with Crippen molar-refractivity contribution in [3.05, 3.63) is 29.3 Å². The van der Waals surface area contributed by atoms with Gasteiger partial charge in [-0.05, 0) is 50.5 Å². The van der Waals surface area contributed by atoms with Crippen molar-refractivity contribution in [1.29, 1.82) is 0 Å². The maximum Gasteiger partial charge on any atom is 0.321 e. The molecule has 0 saturated carbocycles. The minimum atomic E-state index is -3.20. The molecule has 0 atom stereocenters. The summed E-state index contributed by atoms with van der Waals surface area (Å²) in [5.74, 6) is 0.0114. The van der Waals surface area contributed by atoms with Gasteiger partial charge in [0.2, 0.25) is 15.9 Å². The van der Waals surface area contributed by atoms with Gasteiger partial charge >= 0.3 is 6.03 Å². The van der Waals surface area contributed by atoms with Crippen LogP contribution in [0.1, 0.15) is 26.2 Å². The molecule has 1 aromatic carbocycles. The predicted octanol–water partition coefficient (Wildman–Crippen LogP) is 2.47. The summed E-state index contributed by atoms with van der Waals surface area (Å²) in [6.45, 7) is 4.58. The number of rotatable bonds is 4. The lowest BCUT2D eigenvalue weighted by Gasteiger charge is -2.33. The van der Waals surface area contributed by atoms with Gasteiger partial charge in [0.25, 0.3) is 0 Å². The molecule has 2 aliphatic rings. The Morgan fingerprint density at radius 2 is 1.60 bits per heavy atom. The highest BCUT2D eigenvalue weighted by atomic mass is 35.5. The van der Waals surface area contributed by atoms with E-state index in [2.05, 4.69) is 5.32 Å². The highest BCUT2D eigenvalue weighted by Crippen LogP contribution is 2.23. The molecule has 30 heavy (non-hydrogen) atoms. The number of anilines is 1. The fourth-order valence-corrected chi connectivity index (χ4v) is 5.16. The van der Waals surface area contributed by atoms with E-state index in [4.69, 9.17) is 11.6 Å². The van der Waals surface area contributed by atoms with E-state index in [-0.39, 0.29) is 23.6 Å². The normalized spacial score (nSPS) is 19.4. The first-order valence-corrected chi connectivity index (χ1v) is 12.4. The molecule has 0 aliphatic carbocycles. The van der Waals surface area contributed by atoms with Crippen LogP contribution in [0.4, 0.5) is 10.5 Å². The molecule has 0 bridgehead atoms. The van der Waals surface area contributed by atoms with Crippen LogP contribution in [-0.4, -0.2) is 79.5 Å². The molecule has 2 fully saturated rings. The summed E-state index contributed by atoms with van der Waals surface area (Å²) in [4.78, 5) is 29.1. The number of piperidine rings is 1. The van der Waals surface area contributed by atoms with E-state index in [0.29, 0.717) is 69.2 Å². The number of sulfonamides is 1. The number of halogens is 1. The van der Waals surface area contributed by atoms with Crippen molar-refractivity contribution in [2.24, 2.45) is 5.92 Å². The van der Waals surface area contributed by atoms with Crippen LogP contribution in [0.5, 0.6) is 0 Å². The number of urea groups is 1. The average molecular weight is 457 g/mol. The van der Waals surface area contributed by atoms with E-state index >= 15 is 0 Å². The number of carbonyl (C=O) groups is 2. The van der Waals surface area contributed by atoms with Gasteiger partial charge in [0, 0.05) is 55.9 Å². The number of benzene rings is 1. The van der Waals surface area contributed by atoms with Crippen LogP contribution in [0.3, 0.4) is 0 Å². The van der Waals surface area contributed by atoms with Crippen molar-refractivity contribution in [1.82, 2.24) is 14.1 Å². The molecule has 2 heterocycles. The number of amides is 3. The average Bonchev–Trinajstić information content (AvgIpc) is 3.01. The van der Waals surface area contributed by atoms with Crippen LogP contribution in [-0.2, 0) is 14.8 Å². The Bertz CT molecular complexity index is 854. The van der Waals surface area contributed by atoms with Gasteiger partial charge < -0.3 is 15.1 Å². The molecule has 3 amide bonds.